The van der Waals surface area contributed by atoms with Crippen LogP contribution in [0.25, 0.3) is 0 Å². The van der Waals surface area contributed by atoms with Crippen LogP contribution in [0.1, 0.15) is 18.4 Å². The van der Waals surface area contributed by atoms with Gasteiger partial charge in [-0.1, -0.05) is 12.1 Å². The van der Waals surface area contributed by atoms with Crippen LogP contribution in [0.3, 0.4) is 0 Å². The molecule has 6 heteroatoms. The van der Waals surface area contributed by atoms with E-state index < -0.39 is 21.7 Å². The van der Waals surface area contributed by atoms with Gasteiger partial charge in [-0.2, -0.15) is 8.78 Å². The Morgan fingerprint density at radius 2 is 1.78 bits per heavy atom. The van der Waals surface area contributed by atoms with Crippen molar-refractivity contribution in [3.05, 3.63) is 29.8 Å². The highest BCUT2D eigenvalue weighted by molar-refractivity contribution is 7.91. The van der Waals surface area contributed by atoms with Crippen LogP contribution in [0.4, 0.5) is 8.78 Å². The van der Waals surface area contributed by atoms with Crippen LogP contribution in [0.15, 0.2) is 29.2 Å². The lowest BCUT2D eigenvalue weighted by Gasteiger charge is -2.09. The highest BCUT2D eigenvalue weighted by Crippen LogP contribution is 2.34. The first-order valence-electron chi connectivity index (χ1n) is 5.70. The summed E-state index contributed by atoms with van der Waals surface area (Å²) in [6.07, 6.45) is 2.03. The second-order valence-corrected chi connectivity index (χ2v) is 6.48. The van der Waals surface area contributed by atoms with Crippen molar-refractivity contribution in [3.63, 3.8) is 0 Å². The Balaban J connectivity index is 2.10. The molecular formula is C12H14F2O3S. The number of sulfone groups is 1. The quantitative estimate of drug-likeness (QED) is 0.895. The van der Waals surface area contributed by atoms with Crippen LogP contribution in [0, 0.1) is 5.92 Å². The van der Waals surface area contributed by atoms with E-state index in [1.54, 1.807) is 0 Å². The van der Waals surface area contributed by atoms with E-state index in [4.69, 9.17) is 0 Å². The number of alkyl halides is 2. The van der Waals surface area contributed by atoms with Gasteiger partial charge in [-0.25, -0.2) is 8.42 Å². The summed E-state index contributed by atoms with van der Waals surface area (Å²) in [7, 11) is -4.52. The van der Waals surface area contributed by atoms with E-state index in [2.05, 4.69) is 0 Å². The second-order valence-electron chi connectivity index (χ2n) is 4.56. The maximum absolute atomic E-state index is 12.3. The molecule has 1 aromatic carbocycles. The van der Waals surface area contributed by atoms with E-state index >= 15 is 0 Å². The van der Waals surface area contributed by atoms with Gasteiger partial charge in [0, 0.05) is 0 Å². The van der Waals surface area contributed by atoms with Crippen molar-refractivity contribution in [3.8, 4) is 0 Å². The first-order valence-corrected chi connectivity index (χ1v) is 7.25. The fourth-order valence-corrected chi connectivity index (χ4v) is 2.53. The molecule has 1 fully saturated rings. The fraction of sp³-hybridized carbons (Fsp3) is 0.500. The minimum atomic E-state index is -4.52. The van der Waals surface area contributed by atoms with E-state index in [-0.39, 0.29) is 4.90 Å². The number of hydrogen-bond donors (Lipinski definition) is 1. The zero-order chi connectivity index (χ0) is 13.3. The molecule has 0 aliphatic heterocycles. The molecule has 0 aromatic heterocycles. The lowest BCUT2D eigenvalue weighted by Crippen LogP contribution is -2.14. The molecule has 1 aliphatic carbocycles. The Bertz CT molecular complexity index is 507. The zero-order valence-electron chi connectivity index (χ0n) is 9.59. The van der Waals surface area contributed by atoms with Gasteiger partial charge in [0.05, 0.1) is 11.0 Å². The molecule has 3 nitrogen and oxygen atoms in total. The predicted octanol–water partition coefficient (Wildman–Crippen LogP) is 2.00. The Morgan fingerprint density at radius 3 is 2.22 bits per heavy atom. The lowest BCUT2D eigenvalue weighted by atomic mass is 10.1. The van der Waals surface area contributed by atoms with E-state index in [9.17, 15) is 22.3 Å². The molecule has 1 saturated carbocycles. The normalized spacial score (nSPS) is 18.0. The smallest absolute Gasteiger partial charge is 0.341 e. The van der Waals surface area contributed by atoms with Crippen molar-refractivity contribution in [2.45, 2.75) is 36.0 Å². The molecule has 1 atom stereocenters. The molecule has 1 aliphatic rings. The third kappa shape index (κ3) is 2.87. The summed E-state index contributed by atoms with van der Waals surface area (Å²) in [5.41, 5.74) is 0.752. The maximum Gasteiger partial charge on any atom is 0.341 e. The third-order valence-electron chi connectivity index (χ3n) is 3.10. The number of benzene rings is 1. The van der Waals surface area contributed by atoms with Gasteiger partial charge in [0.1, 0.15) is 0 Å². The van der Waals surface area contributed by atoms with E-state index in [1.165, 1.54) is 12.1 Å². The van der Waals surface area contributed by atoms with Crippen LogP contribution in [0.2, 0.25) is 0 Å². The topological polar surface area (TPSA) is 54.4 Å². The summed E-state index contributed by atoms with van der Waals surface area (Å²) in [6, 6.07) is 5.27. The van der Waals surface area contributed by atoms with Gasteiger partial charge in [0.25, 0.3) is 0 Å². The standard InChI is InChI=1S/C12H14F2O3S/c13-12(14)18(16,17)10-5-1-8(2-6-10)7-11(15)9-3-4-9/h1-2,5-6,9,11-12,15H,3-4,7H2. The largest absolute Gasteiger partial charge is 0.392 e. The molecule has 100 valence electrons. The minimum absolute atomic E-state index is 0.328. The van der Waals surface area contributed by atoms with Gasteiger partial charge in [0.2, 0.25) is 9.84 Å². The van der Waals surface area contributed by atoms with Crippen molar-refractivity contribution < 1.29 is 22.3 Å². The number of halogens is 2. The van der Waals surface area contributed by atoms with Crippen molar-refractivity contribution in [2.24, 2.45) is 5.92 Å². The average molecular weight is 276 g/mol. The summed E-state index contributed by atoms with van der Waals surface area (Å²) in [6.45, 7) is 0. The zero-order valence-corrected chi connectivity index (χ0v) is 10.4. The number of rotatable bonds is 5. The van der Waals surface area contributed by atoms with Crippen molar-refractivity contribution in [1.29, 1.82) is 0 Å². The van der Waals surface area contributed by atoms with Crippen LogP contribution in [0.5, 0.6) is 0 Å². The Hall–Kier alpha value is -1.01. The van der Waals surface area contributed by atoms with Gasteiger partial charge >= 0.3 is 5.76 Å². The van der Waals surface area contributed by atoms with E-state index in [1.807, 2.05) is 0 Å². The monoisotopic (exact) mass is 276 g/mol. The van der Waals surface area contributed by atoms with Crippen molar-refractivity contribution in [2.75, 3.05) is 0 Å². The van der Waals surface area contributed by atoms with Gasteiger partial charge in [-0.15, -0.1) is 0 Å². The SMILES string of the molecule is O=S(=O)(c1ccc(CC(O)C2CC2)cc1)C(F)F. The molecule has 0 amide bonds. The maximum atomic E-state index is 12.3. The molecule has 1 N–H and O–H groups in total. The molecule has 0 saturated heterocycles. The summed E-state index contributed by atoms with van der Waals surface area (Å²) in [4.78, 5) is -0.387. The van der Waals surface area contributed by atoms with Gasteiger partial charge in [0.15, 0.2) is 0 Å². The van der Waals surface area contributed by atoms with Gasteiger partial charge in [-0.05, 0) is 42.9 Å². The van der Waals surface area contributed by atoms with Crippen LogP contribution < -0.4 is 0 Å². The molecular weight excluding hydrogens is 262 g/mol. The lowest BCUT2D eigenvalue weighted by molar-refractivity contribution is 0.151. The van der Waals surface area contributed by atoms with Gasteiger partial charge in [-0.3, -0.25) is 0 Å². The number of hydrogen-bond acceptors (Lipinski definition) is 3. The molecule has 0 heterocycles. The van der Waals surface area contributed by atoms with Gasteiger partial charge < -0.3 is 5.11 Å². The molecule has 0 spiro atoms. The molecule has 1 unspecified atom stereocenters. The Labute approximate surface area is 104 Å². The van der Waals surface area contributed by atoms with Crippen LogP contribution in [-0.2, 0) is 16.3 Å². The second kappa shape index (κ2) is 4.93. The van der Waals surface area contributed by atoms with Crippen LogP contribution >= 0.6 is 0 Å². The Kier molecular flexibility index (Phi) is 3.68. The first kappa shape index (κ1) is 13.4. The van der Waals surface area contributed by atoms with Crippen LogP contribution in [-0.4, -0.2) is 25.4 Å². The number of aliphatic hydroxyl groups excluding tert-OH is 1. The fourth-order valence-electron chi connectivity index (χ4n) is 1.81. The molecule has 1 aromatic rings. The molecule has 0 bridgehead atoms. The van der Waals surface area contributed by atoms with Crippen molar-refractivity contribution >= 4 is 9.84 Å². The average Bonchev–Trinajstić information content (AvgIpc) is 3.13. The number of aliphatic hydroxyl groups is 1. The summed E-state index contributed by atoms with van der Waals surface area (Å²) in [5, 5.41) is 9.72. The molecule has 18 heavy (non-hydrogen) atoms. The summed E-state index contributed by atoms with van der Waals surface area (Å²) < 4.78 is 47.0. The first-order chi connectivity index (χ1) is 8.41. The molecule has 0 radical (unpaired) electrons. The van der Waals surface area contributed by atoms with E-state index in [0.29, 0.717) is 12.3 Å². The van der Waals surface area contributed by atoms with Crippen molar-refractivity contribution in [1.82, 2.24) is 0 Å². The minimum Gasteiger partial charge on any atom is -0.392 e. The Morgan fingerprint density at radius 1 is 1.22 bits per heavy atom. The summed E-state index contributed by atoms with van der Waals surface area (Å²) >= 11 is 0. The summed E-state index contributed by atoms with van der Waals surface area (Å²) in [5.74, 6) is -3.07. The predicted molar refractivity (Wildman–Crippen MR) is 62.1 cm³/mol. The molecule has 2 rings (SSSR count). The highest BCUT2D eigenvalue weighted by atomic mass is 32.2. The van der Waals surface area contributed by atoms with E-state index in [0.717, 1.165) is 30.5 Å². The highest BCUT2D eigenvalue weighted by Gasteiger charge is 2.30. The third-order valence-corrected chi connectivity index (χ3v) is 4.50.